The summed E-state index contributed by atoms with van der Waals surface area (Å²) in [6.45, 7) is 0. The summed E-state index contributed by atoms with van der Waals surface area (Å²) in [5.74, 6) is 0. The summed E-state index contributed by atoms with van der Waals surface area (Å²) in [4.78, 5) is 8.25. The van der Waals surface area contributed by atoms with Crippen LogP contribution >= 0.6 is 0 Å². The molecule has 0 bridgehead atoms. The molecule has 0 aromatic carbocycles. The lowest BCUT2D eigenvalue weighted by molar-refractivity contribution is -2.00. The van der Waals surface area contributed by atoms with Crippen LogP contribution in [-0.4, -0.2) is 5.09 Å². The van der Waals surface area contributed by atoms with E-state index in [-0.39, 0.29) is 12.4 Å². The standard InChI is InChI=1S/ClHO4.ClO3.Cl.NO3/c2-1(3,4)5;2-1(3)4;;2-1(3)4/h(H,2,3,4,5);;;/q;-1;+3;-1/p-1. The molecule has 0 spiro atoms. The van der Waals surface area contributed by atoms with Crippen molar-refractivity contribution in [2.75, 3.05) is 0 Å². The summed E-state index contributed by atoms with van der Waals surface area (Å²) < 4.78 is 59.2. The second kappa shape index (κ2) is 12.8. The zero-order valence-electron chi connectivity index (χ0n) is 5.86. The molecule has 14 heteroatoms. The van der Waals surface area contributed by atoms with E-state index in [9.17, 15) is 0 Å². The van der Waals surface area contributed by atoms with Crippen LogP contribution in [0.15, 0.2) is 0 Å². The molecule has 0 amide bonds. The van der Waals surface area contributed by atoms with Crippen LogP contribution in [0.5, 0.6) is 0 Å². The van der Waals surface area contributed by atoms with Crippen LogP contribution in [0.1, 0.15) is 0 Å². The Hall–Kier alpha value is -0.210. The van der Waals surface area contributed by atoms with Crippen LogP contribution in [0.25, 0.3) is 0 Å². The molecule has 0 saturated carbocycles. The number of hydrogen-bond donors (Lipinski definition) is 0. The van der Waals surface area contributed by atoms with Gasteiger partial charge in [0.1, 0.15) is 0 Å². The molecule has 14 heavy (non-hydrogen) atoms. The van der Waals surface area contributed by atoms with E-state index >= 15 is 0 Å². The molecular weight excluding hydrogens is 280 g/mol. The zero-order valence-corrected chi connectivity index (χ0v) is 8.53. The van der Waals surface area contributed by atoms with Crippen LogP contribution in [0.4, 0.5) is 0 Å². The number of halogens is 3. The lowest BCUT2D eigenvalue weighted by Gasteiger charge is -2.17. The predicted molar refractivity (Wildman–Crippen MR) is 15.9 cm³/mol. The summed E-state index contributed by atoms with van der Waals surface area (Å²) >= 11 is 0. The minimum Gasteiger partial charge on any atom is -0.508 e. The molecule has 0 aromatic rings. The highest BCUT2D eigenvalue weighted by molar-refractivity contribution is 4.03. The fraction of sp³-hybridized carbons (Fsp3) is 0. The van der Waals surface area contributed by atoms with E-state index in [4.69, 9.17) is 47.9 Å². The van der Waals surface area contributed by atoms with Crippen molar-refractivity contribution in [2.24, 2.45) is 0 Å². The molecule has 0 aromatic heterocycles. The zero-order chi connectivity index (χ0) is 11.7. The van der Waals surface area contributed by atoms with Crippen molar-refractivity contribution in [3.8, 4) is 0 Å². The molecule has 90 valence electrons. The third kappa shape index (κ3) is 31100. The first-order valence-corrected chi connectivity index (χ1v) is 3.79. The van der Waals surface area contributed by atoms with Gasteiger partial charge in [-0.1, -0.05) is 0 Å². The van der Waals surface area contributed by atoms with Gasteiger partial charge >= 0.3 is 0 Å². The topological polar surface area (TPSA) is 228 Å². The van der Waals surface area contributed by atoms with Crippen molar-refractivity contribution in [1.82, 2.24) is 0 Å². The van der Waals surface area contributed by atoms with Gasteiger partial charge in [-0.2, -0.15) is 0 Å². The lowest BCUT2D eigenvalue weighted by Crippen LogP contribution is -2.68. The molecule has 0 heterocycles. The Balaban J connectivity index is -0.0000000522. The lowest BCUT2D eigenvalue weighted by atomic mass is 13.1. The summed E-state index contributed by atoms with van der Waals surface area (Å²) in [5, 5.41) is 14.8. The predicted octanol–water partition coefficient (Wildman–Crippen LogP) is -9.63. The average Bonchev–Trinajstić information content (AvgIpc) is 1.50. The molecule has 11 nitrogen and oxygen atoms in total. The maximum absolute atomic E-state index is 8.49. The van der Waals surface area contributed by atoms with Gasteiger partial charge < -0.3 is 41.7 Å². The number of hydrogen-bond acceptors (Lipinski definition) is 10. The van der Waals surface area contributed by atoms with Gasteiger partial charge in [0.2, 0.25) is 0 Å². The Kier molecular flexibility index (Phi) is 21.5. The first-order chi connectivity index (χ1) is 5.46. The van der Waals surface area contributed by atoms with Crippen LogP contribution in [-0.2, 0) is 0 Å². The monoisotopic (exact) mass is 283 g/mol. The van der Waals surface area contributed by atoms with Gasteiger partial charge in [-0.25, -0.2) is 18.6 Å². The molecule has 0 atom stereocenters. The summed E-state index contributed by atoms with van der Waals surface area (Å²) in [7, 11) is -7.80. The second-order valence-electron chi connectivity index (χ2n) is 0.791. The summed E-state index contributed by atoms with van der Waals surface area (Å²) in [5.41, 5.74) is 0. The summed E-state index contributed by atoms with van der Waals surface area (Å²) in [6, 6.07) is 0. The smallest absolute Gasteiger partial charge is 0.0695 e. The van der Waals surface area contributed by atoms with Gasteiger partial charge in [0.15, 0.2) is 0 Å². The number of rotatable bonds is 0. The highest BCUT2D eigenvalue weighted by Crippen LogP contribution is 1.49. The third-order valence-corrected chi connectivity index (χ3v) is 0. The Morgan fingerprint density at radius 3 is 0.929 bits per heavy atom. The van der Waals surface area contributed by atoms with Crippen molar-refractivity contribution in [3.05, 3.63) is 15.3 Å². The van der Waals surface area contributed by atoms with Gasteiger partial charge in [-0.3, -0.25) is 0 Å². The highest BCUT2D eigenvalue weighted by Gasteiger charge is 1.84. The highest BCUT2D eigenvalue weighted by atomic mass is 35.7. The molecule has 0 fully saturated rings. The molecule has 0 aliphatic carbocycles. The van der Waals surface area contributed by atoms with Crippen molar-refractivity contribution in [3.63, 3.8) is 0 Å². The molecule has 0 aliphatic rings. The Bertz CT molecular complexity index is 104. The van der Waals surface area contributed by atoms with Gasteiger partial charge in [0.05, 0.1) is 15.9 Å². The van der Waals surface area contributed by atoms with Crippen LogP contribution in [0.3, 0.4) is 0 Å². The normalized spacial score (nSPS) is 8.57. The van der Waals surface area contributed by atoms with E-state index in [1.165, 1.54) is 0 Å². The van der Waals surface area contributed by atoms with Gasteiger partial charge in [0, 0.05) is 0 Å². The minimum atomic E-state index is -4.94. The van der Waals surface area contributed by atoms with Crippen molar-refractivity contribution in [1.29, 1.82) is 0 Å². The SMILES string of the molecule is O=[N+]([O-])[O-].[ClH4+3].[O-][Cl+2]([O-])[O-].[O-][Cl+3]([O-])([O-])[O-]. The van der Waals surface area contributed by atoms with Crippen molar-refractivity contribution < 1.29 is 71.1 Å². The maximum atomic E-state index is 8.49. The van der Waals surface area contributed by atoms with Crippen molar-refractivity contribution in [2.45, 2.75) is 0 Å². The first-order valence-electron chi connectivity index (χ1n) is 1.63. The van der Waals surface area contributed by atoms with E-state index in [2.05, 4.69) is 0 Å². The van der Waals surface area contributed by atoms with E-state index < -0.39 is 26.1 Å². The maximum Gasteiger partial charge on any atom is 0.0695 e. The van der Waals surface area contributed by atoms with E-state index in [0.717, 1.165) is 0 Å². The Morgan fingerprint density at radius 1 is 0.929 bits per heavy atom. The van der Waals surface area contributed by atoms with Crippen molar-refractivity contribution >= 4 is 0 Å². The fourth-order valence-electron chi connectivity index (χ4n) is 0. The van der Waals surface area contributed by atoms with E-state index in [0.29, 0.717) is 0 Å². The second-order valence-corrected chi connectivity index (χ2v) is 1.92. The summed E-state index contributed by atoms with van der Waals surface area (Å²) in [6.07, 6.45) is 0. The molecule has 0 aliphatic heterocycles. The fourth-order valence-corrected chi connectivity index (χ4v) is 0. The molecule has 0 saturated heterocycles. The Morgan fingerprint density at radius 2 is 0.929 bits per heavy atom. The van der Waals surface area contributed by atoms with Crippen LogP contribution < -0.4 is 32.6 Å². The van der Waals surface area contributed by atoms with Gasteiger partial charge in [-0.05, 0) is 0 Å². The van der Waals surface area contributed by atoms with Crippen LogP contribution in [0, 0.1) is 48.8 Å². The Labute approximate surface area is 87.1 Å². The average molecular weight is 284 g/mol. The van der Waals surface area contributed by atoms with Crippen LogP contribution in [0.2, 0.25) is 0 Å². The molecular formula is H4Cl3NO10. The quantitative estimate of drug-likeness (QED) is 0.301. The molecule has 0 N–H and O–H groups in total. The largest absolute Gasteiger partial charge is 0.508 e. The molecule has 0 radical (unpaired) electrons. The third-order valence-electron chi connectivity index (χ3n) is 0. The van der Waals surface area contributed by atoms with E-state index in [1.807, 2.05) is 0 Å². The van der Waals surface area contributed by atoms with Gasteiger partial charge in [0.25, 0.3) is 0 Å². The van der Waals surface area contributed by atoms with Gasteiger partial charge in [-0.15, -0.1) is 10.2 Å². The van der Waals surface area contributed by atoms with E-state index in [1.54, 1.807) is 0 Å². The number of nitrogens with zero attached hydrogens (tertiary/aromatic N) is 1. The first kappa shape index (κ1) is 23.5. The molecule has 0 unspecified atom stereocenters. The minimum absolute atomic E-state index is 0. The molecule has 0 rings (SSSR count).